The number of anilines is 1. The first kappa shape index (κ1) is 20.5. The van der Waals surface area contributed by atoms with Crippen molar-refractivity contribution in [2.45, 2.75) is 17.7 Å². The molecule has 11 heteroatoms. The zero-order valence-corrected chi connectivity index (χ0v) is 17.4. The number of carbonyl (C=O) groups excluding carboxylic acids is 1. The fourth-order valence-electron chi connectivity index (χ4n) is 3.38. The van der Waals surface area contributed by atoms with E-state index in [4.69, 9.17) is 11.6 Å². The molecule has 1 aromatic heterocycles. The predicted molar refractivity (Wildman–Crippen MR) is 111 cm³/mol. The van der Waals surface area contributed by atoms with Gasteiger partial charge in [0.25, 0.3) is 0 Å². The van der Waals surface area contributed by atoms with E-state index >= 15 is 0 Å². The van der Waals surface area contributed by atoms with Crippen molar-refractivity contribution in [2.24, 2.45) is 5.92 Å². The molecule has 2 heterocycles. The van der Waals surface area contributed by atoms with Crippen LogP contribution in [0.15, 0.2) is 59.8 Å². The van der Waals surface area contributed by atoms with Crippen molar-refractivity contribution in [2.75, 3.05) is 18.4 Å². The van der Waals surface area contributed by atoms with Gasteiger partial charge in [-0.2, -0.15) is 4.31 Å². The van der Waals surface area contributed by atoms with Crippen molar-refractivity contribution in [1.29, 1.82) is 0 Å². The molecule has 30 heavy (non-hydrogen) atoms. The average Bonchev–Trinajstić information content (AvgIpc) is 3.29. The molecule has 0 aliphatic carbocycles. The number of nitrogens with zero attached hydrogens (tertiary/aromatic N) is 5. The van der Waals surface area contributed by atoms with Gasteiger partial charge in [-0.25, -0.2) is 13.1 Å². The molecule has 1 amide bonds. The average molecular weight is 447 g/mol. The largest absolute Gasteiger partial charge is 0.326 e. The Hall–Kier alpha value is -2.82. The third-order valence-electron chi connectivity index (χ3n) is 4.93. The lowest BCUT2D eigenvalue weighted by Gasteiger charge is -2.31. The quantitative estimate of drug-likeness (QED) is 0.644. The van der Waals surface area contributed by atoms with E-state index in [0.717, 1.165) is 0 Å². The second-order valence-electron chi connectivity index (χ2n) is 6.95. The van der Waals surface area contributed by atoms with Crippen molar-refractivity contribution >= 4 is 33.2 Å². The molecule has 4 rings (SSSR count). The monoisotopic (exact) mass is 446 g/mol. The Kier molecular flexibility index (Phi) is 5.80. The van der Waals surface area contributed by atoms with Gasteiger partial charge in [0.1, 0.15) is 6.33 Å². The lowest BCUT2D eigenvalue weighted by molar-refractivity contribution is -0.120. The summed E-state index contributed by atoms with van der Waals surface area (Å²) in [6.07, 6.45) is 2.68. The Morgan fingerprint density at radius 1 is 1.17 bits per heavy atom. The van der Waals surface area contributed by atoms with Gasteiger partial charge in [0.2, 0.25) is 15.9 Å². The van der Waals surface area contributed by atoms with E-state index in [0.29, 0.717) is 35.8 Å². The molecule has 0 radical (unpaired) electrons. The summed E-state index contributed by atoms with van der Waals surface area (Å²) in [5.74, 6) is -0.669. The lowest BCUT2D eigenvalue weighted by Crippen LogP contribution is -2.43. The van der Waals surface area contributed by atoms with Crippen LogP contribution in [0.4, 0.5) is 5.69 Å². The Balaban J connectivity index is 1.46. The summed E-state index contributed by atoms with van der Waals surface area (Å²) < 4.78 is 28.7. The van der Waals surface area contributed by atoms with Gasteiger partial charge in [-0.05, 0) is 65.7 Å². The molecule has 9 nitrogen and oxygen atoms in total. The van der Waals surface area contributed by atoms with Crippen LogP contribution in [-0.4, -0.2) is 51.9 Å². The normalized spacial score (nSPS) is 17.6. The van der Waals surface area contributed by atoms with Crippen molar-refractivity contribution in [3.63, 3.8) is 0 Å². The minimum atomic E-state index is -3.69. The number of piperidine rings is 1. The van der Waals surface area contributed by atoms with E-state index in [1.165, 1.54) is 27.4 Å². The van der Waals surface area contributed by atoms with Gasteiger partial charge in [0.15, 0.2) is 0 Å². The SMILES string of the molecule is O=C(Nc1cccc(-n2cnnn2)c1)C1CCCN(S(=O)(=O)c2ccc(Cl)cc2)C1. The predicted octanol–water partition coefficient (Wildman–Crippen LogP) is 2.36. The number of hydrogen-bond donors (Lipinski definition) is 1. The first-order valence-electron chi connectivity index (χ1n) is 9.33. The number of hydrogen-bond acceptors (Lipinski definition) is 6. The molecule has 2 aromatic carbocycles. The number of halogens is 1. The Morgan fingerprint density at radius 3 is 2.70 bits per heavy atom. The zero-order chi connectivity index (χ0) is 21.1. The topological polar surface area (TPSA) is 110 Å². The molecule has 1 N–H and O–H groups in total. The third kappa shape index (κ3) is 4.35. The molecule has 1 saturated heterocycles. The summed E-state index contributed by atoms with van der Waals surface area (Å²) in [5, 5.41) is 14.4. The Morgan fingerprint density at radius 2 is 1.97 bits per heavy atom. The summed E-state index contributed by atoms with van der Waals surface area (Å²) in [4.78, 5) is 13.0. The smallest absolute Gasteiger partial charge is 0.243 e. The highest BCUT2D eigenvalue weighted by atomic mass is 35.5. The Bertz CT molecular complexity index is 1140. The van der Waals surface area contributed by atoms with Crippen LogP contribution in [-0.2, 0) is 14.8 Å². The molecule has 156 valence electrons. The number of amides is 1. The van der Waals surface area contributed by atoms with Gasteiger partial charge in [-0.15, -0.1) is 5.10 Å². The summed E-state index contributed by atoms with van der Waals surface area (Å²) in [6.45, 7) is 0.507. The fraction of sp³-hybridized carbons (Fsp3) is 0.263. The van der Waals surface area contributed by atoms with E-state index in [9.17, 15) is 13.2 Å². The third-order valence-corrected chi connectivity index (χ3v) is 7.06. The molecule has 0 bridgehead atoms. The Labute approximate surface area is 178 Å². The molecule has 1 atom stereocenters. The second-order valence-corrected chi connectivity index (χ2v) is 9.32. The van der Waals surface area contributed by atoms with Gasteiger partial charge in [0.05, 0.1) is 16.5 Å². The van der Waals surface area contributed by atoms with E-state index in [2.05, 4.69) is 20.8 Å². The summed E-state index contributed by atoms with van der Waals surface area (Å²) in [5.41, 5.74) is 1.29. The van der Waals surface area contributed by atoms with E-state index in [-0.39, 0.29) is 17.3 Å². The highest BCUT2D eigenvalue weighted by Crippen LogP contribution is 2.26. The van der Waals surface area contributed by atoms with Crippen LogP contribution in [0.2, 0.25) is 5.02 Å². The van der Waals surface area contributed by atoms with Crippen molar-refractivity contribution in [3.8, 4) is 5.69 Å². The fourth-order valence-corrected chi connectivity index (χ4v) is 5.03. The number of sulfonamides is 1. The molecule has 1 aliphatic rings. The van der Waals surface area contributed by atoms with E-state index in [1.807, 2.05) is 6.07 Å². The van der Waals surface area contributed by atoms with Gasteiger partial charge in [-0.1, -0.05) is 17.7 Å². The molecular weight excluding hydrogens is 428 g/mol. The number of nitrogens with one attached hydrogen (secondary N) is 1. The minimum Gasteiger partial charge on any atom is -0.326 e. The van der Waals surface area contributed by atoms with Crippen LogP contribution in [0.1, 0.15) is 12.8 Å². The number of aromatic nitrogens is 4. The highest BCUT2D eigenvalue weighted by molar-refractivity contribution is 7.89. The van der Waals surface area contributed by atoms with Gasteiger partial charge < -0.3 is 5.32 Å². The van der Waals surface area contributed by atoms with Crippen LogP contribution in [0.3, 0.4) is 0 Å². The van der Waals surface area contributed by atoms with Gasteiger partial charge >= 0.3 is 0 Å². The number of benzene rings is 2. The van der Waals surface area contributed by atoms with Crippen molar-refractivity contribution < 1.29 is 13.2 Å². The van der Waals surface area contributed by atoms with Crippen molar-refractivity contribution in [3.05, 3.63) is 59.9 Å². The molecule has 0 spiro atoms. The zero-order valence-electron chi connectivity index (χ0n) is 15.8. The molecular formula is C19H19ClN6O3S. The lowest BCUT2D eigenvalue weighted by atomic mass is 9.98. The molecule has 3 aromatic rings. The minimum absolute atomic E-state index is 0.128. The van der Waals surface area contributed by atoms with Gasteiger partial charge in [0, 0.05) is 23.8 Å². The van der Waals surface area contributed by atoms with Gasteiger partial charge in [-0.3, -0.25) is 4.79 Å². The molecule has 0 saturated carbocycles. The first-order chi connectivity index (χ1) is 14.4. The van der Waals surface area contributed by atoms with E-state index in [1.54, 1.807) is 30.3 Å². The molecule has 1 aliphatic heterocycles. The van der Waals surface area contributed by atoms with Crippen LogP contribution in [0.5, 0.6) is 0 Å². The van der Waals surface area contributed by atoms with Crippen LogP contribution < -0.4 is 5.32 Å². The standard InChI is InChI=1S/C19H19ClN6O3S/c20-15-6-8-18(9-7-15)30(28,29)25-10-2-3-14(12-25)19(27)22-16-4-1-5-17(11-16)26-13-21-23-24-26/h1,4-9,11,13-14H,2-3,10,12H2,(H,22,27). The number of tetrazole rings is 1. The van der Waals surface area contributed by atoms with Crippen molar-refractivity contribution in [1.82, 2.24) is 24.5 Å². The second kappa shape index (κ2) is 8.50. The summed E-state index contributed by atoms with van der Waals surface area (Å²) in [7, 11) is -3.69. The maximum atomic E-state index is 12.9. The molecule has 1 fully saturated rings. The number of rotatable bonds is 5. The highest BCUT2D eigenvalue weighted by Gasteiger charge is 2.33. The number of carbonyl (C=O) groups is 1. The molecule has 1 unspecified atom stereocenters. The summed E-state index contributed by atoms with van der Waals surface area (Å²) >= 11 is 5.86. The van der Waals surface area contributed by atoms with Crippen LogP contribution in [0.25, 0.3) is 5.69 Å². The van der Waals surface area contributed by atoms with E-state index < -0.39 is 15.9 Å². The summed E-state index contributed by atoms with van der Waals surface area (Å²) in [6, 6.07) is 13.1. The maximum Gasteiger partial charge on any atom is 0.243 e. The van der Waals surface area contributed by atoms with Crippen LogP contribution >= 0.6 is 11.6 Å². The van der Waals surface area contributed by atoms with Crippen LogP contribution in [0, 0.1) is 5.92 Å². The maximum absolute atomic E-state index is 12.9. The first-order valence-corrected chi connectivity index (χ1v) is 11.2.